The van der Waals surface area contributed by atoms with Crippen LogP contribution < -0.4 is 0 Å². The SMILES string of the molecule is SC1Cc2ccc(Cl)cc2C1. The predicted molar refractivity (Wildman–Crippen MR) is 51.6 cm³/mol. The van der Waals surface area contributed by atoms with Crippen molar-refractivity contribution >= 4 is 24.2 Å². The molecular weight excluding hydrogens is 176 g/mol. The zero-order valence-electron chi connectivity index (χ0n) is 6.05. The highest BCUT2D eigenvalue weighted by Gasteiger charge is 2.17. The molecule has 1 aromatic rings. The third kappa shape index (κ3) is 1.40. The highest BCUT2D eigenvalue weighted by atomic mass is 35.5. The van der Waals surface area contributed by atoms with Gasteiger partial charge in [0.15, 0.2) is 0 Å². The van der Waals surface area contributed by atoms with Crippen molar-refractivity contribution in [3.05, 3.63) is 34.3 Å². The summed E-state index contributed by atoms with van der Waals surface area (Å²) >= 11 is 10.3. The maximum Gasteiger partial charge on any atom is 0.0408 e. The summed E-state index contributed by atoms with van der Waals surface area (Å²) in [6, 6.07) is 6.10. The van der Waals surface area contributed by atoms with Crippen LogP contribution in [-0.4, -0.2) is 5.25 Å². The third-order valence-electron chi connectivity index (χ3n) is 2.08. The second kappa shape index (κ2) is 2.72. The Labute approximate surface area is 77.0 Å². The molecule has 0 nitrogen and oxygen atoms in total. The monoisotopic (exact) mass is 184 g/mol. The molecule has 0 N–H and O–H groups in total. The summed E-state index contributed by atoms with van der Waals surface area (Å²) in [5.74, 6) is 0. The second-order valence-electron chi connectivity index (χ2n) is 2.98. The van der Waals surface area contributed by atoms with E-state index in [-0.39, 0.29) is 0 Å². The van der Waals surface area contributed by atoms with E-state index in [1.54, 1.807) is 0 Å². The molecule has 0 spiro atoms. The molecule has 11 heavy (non-hydrogen) atoms. The highest BCUT2D eigenvalue weighted by Crippen LogP contribution is 2.27. The number of hydrogen-bond donors (Lipinski definition) is 1. The van der Waals surface area contributed by atoms with Crippen molar-refractivity contribution in [2.45, 2.75) is 18.1 Å². The van der Waals surface area contributed by atoms with Crippen LogP contribution in [0, 0.1) is 0 Å². The quantitative estimate of drug-likeness (QED) is 0.589. The molecule has 0 saturated heterocycles. The first-order valence-corrected chi connectivity index (χ1v) is 4.60. The Morgan fingerprint density at radius 2 is 2.00 bits per heavy atom. The van der Waals surface area contributed by atoms with Crippen LogP contribution in [0.25, 0.3) is 0 Å². The predicted octanol–water partition coefficient (Wildman–Crippen LogP) is 2.74. The molecule has 1 aliphatic rings. The van der Waals surface area contributed by atoms with Crippen molar-refractivity contribution in [1.82, 2.24) is 0 Å². The van der Waals surface area contributed by atoms with E-state index in [1.807, 2.05) is 12.1 Å². The van der Waals surface area contributed by atoms with Gasteiger partial charge in [0.2, 0.25) is 0 Å². The molecule has 0 saturated carbocycles. The fourth-order valence-corrected chi connectivity index (χ4v) is 2.15. The van der Waals surface area contributed by atoms with Crippen LogP contribution in [0.3, 0.4) is 0 Å². The lowest BCUT2D eigenvalue weighted by atomic mass is 10.1. The average molecular weight is 185 g/mol. The summed E-state index contributed by atoms with van der Waals surface area (Å²) in [7, 11) is 0. The zero-order valence-corrected chi connectivity index (χ0v) is 7.70. The lowest BCUT2D eigenvalue weighted by Gasteiger charge is -1.96. The summed E-state index contributed by atoms with van der Waals surface area (Å²) in [5.41, 5.74) is 2.78. The first-order chi connectivity index (χ1) is 5.25. The fourth-order valence-electron chi connectivity index (χ4n) is 1.56. The summed E-state index contributed by atoms with van der Waals surface area (Å²) in [6.07, 6.45) is 2.16. The largest absolute Gasteiger partial charge is 0.175 e. The van der Waals surface area contributed by atoms with E-state index >= 15 is 0 Å². The van der Waals surface area contributed by atoms with Crippen LogP contribution in [0.5, 0.6) is 0 Å². The Hall–Kier alpha value is -0.140. The molecule has 0 fully saturated rings. The van der Waals surface area contributed by atoms with Crippen LogP contribution in [0.15, 0.2) is 18.2 Å². The van der Waals surface area contributed by atoms with Gasteiger partial charge in [0, 0.05) is 10.3 Å². The molecule has 0 bridgehead atoms. The van der Waals surface area contributed by atoms with Crippen molar-refractivity contribution in [3.8, 4) is 0 Å². The molecule has 0 aliphatic heterocycles. The van der Waals surface area contributed by atoms with Crippen LogP contribution in [0.2, 0.25) is 5.02 Å². The molecule has 2 rings (SSSR count). The van der Waals surface area contributed by atoms with E-state index in [0.717, 1.165) is 17.9 Å². The van der Waals surface area contributed by atoms with Gasteiger partial charge in [-0.1, -0.05) is 17.7 Å². The summed E-state index contributed by atoms with van der Waals surface area (Å²) in [5, 5.41) is 1.34. The van der Waals surface area contributed by atoms with E-state index in [1.165, 1.54) is 11.1 Å². The number of rotatable bonds is 0. The topological polar surface area (TPSA) is 0 Å². The van der Waals surface area contributed by atoms with E-state index in [0.29, 0.717) is 5.25 Å². The molecule has 0 amide bonds. The number of hydrogen-bond acceptors (Lipinski definition) is 1. The van der Waals surface area contributed by atoms with E-state index in [2.05, 4.69) is 18.7 Å². The summed E-state index contributed by atoms with van der Waals surface area (Å²) in [6.45, 7) is 0. The Bertz CT molecular complexity index is 283. The average Bonchev–Trinajstić information content (AvgIpc) is 2.27. The Kier molecular flexibility index (Phi) is 1.86. The number of fused-ring (bicyclic) bond motifs is 1. The minimum Gasteiger partial charge on any atom is -0.175 e. The first-order valence-electron chi connectivity index (χ1n) is 3.71. The highest BCUT2D eigenvalue weighted by molar-refractivity contribution is 7.81. The lowest BCUT2D eigenvalue weighted by Crippen LogP contribution is -1.93. The number of benzene rings is 1. The molecule has 58 valence electrons. The second-order valence-corrected chi connectivity index (χ2v) is 4.14. The molecule has 0 heterocycles. The lowest BCUT2D eigenvalue weighted by molar-refractivity contribution is 0.943. The maximum absolute atomic E-state index is 5.85. The molecule has 0 radical (unpaired) electrons. The van der Waals surface area contributed by atoms with Gasteiger partial charge >= 0.3 is 0 Å². The van der Waals surface area contributed by atoms with Gasteiger partial charge in [0.05, 0.1) is 0 Å². The van der Waals surface area contributed by atoms with Gasteiger partial charge in [0.1, 0.15) is 0 Å². The van der Waals surface area contributed by atoms with Crippen molar-refractivity contribution in [2.24, 2.45) is 0 Å². The summed E-state index contributed by atoms with van der Waals surface area (Å²) in [4.78, 5) is 0. The van der Waals surface area contributed by atoms with Gasteiger partial charge < -0.3 is 0 Å². The first kappa shape index (κ1) is 7.51. The van der Waals surface area contributed by atoms with E-state index < -0.39 is 0 Å². The molecule has 0 aromatic heterocycles. The molecule has 1 atom stereocenters. The van der Waals surface area contributed by atoms with E-state index in [4.69, 9.17) is 11.6 Å². The van der Waals surface area contributed by atoms with E-state index in [9.17, 15) is 0 Å². The van der Waals surface area contributed by atoms with Crippen LogP contribution in [-0.2, 0) is 12.8 Å². The van der Waals surface area contributed by atoms with Crippen LogP contribution in [0.1, 0.15) is 11.1 Å². The minimum atomic E-state index is 0.503. The molecule has 2 heteroatoms. The fraction of sp³-hybridized carbons (Fsp3) is 0.333. The van der Waals surface area contributed by atoms with Gasteiger partial charge in [-0.05, 0) is 36.1 Å². The van der Waals surface area contributed by atoms with Crippen molar-refractivity contribution in [2.75, 3.05) is 0 Å². The third-order valence-corrected chi connectivity index (χ3v) is 2.68. The summed E-state index contributed by atoms with van der Waals surface area (Å²) < 4.78 is 0. The smallest absolute Gasteiger partial charge is 0.0408 e. The van der Waals surface area contributed by atoms with Crippen LogP contribution in [0.4, 0.5) is 0 Å². The number of halogens is 1. The van der Waals surface area contributed by atoms with Gasteiger partial charge in [-0.3, -0.25) is 0 Å². The zero-order chi connectivity index (χ0) is 7.84. The minimum absolute atomic E-state index is 0.503. The molecule has 1 aromatic carbocycles. The molecular formula is C9H9ClS. The standard InChI is InChI=1S/C9H9ClS/c10-8-2-1-6-4-9(11)5-7(6)3-8/h1-3,9,11H,4-5H2. The van der Waals surface area contributed by atoms with Gasteiger partial charge in [-0.25, -0.2) is 0 Å². The van der Waals surface area contributed by atoms with Gasteiger partial charge in [-0.2, -0.15) is 12.6 Å². The van der Waals surface area contributed by atoms with Crippen molar-refractivity contribution in [1.29, 1.82) is 0 Å². The van der Waals surface area contributed by atoms with Crippen LogP contribution >= 0.6 is 24.2 Å². The Balaban J connectivity index is 2.43. The number of thiol groups is 1. The normalized spacial score (nSPS) is 21.8. The Morgan fingerprint density at radius 3 is 2.82 bits per heavy atom. The molecule has 1 aliphatic carbocycles. The van der Waals surface area contributed by atoms with Gasteiger partial charge in [0.25, 0.3) is 0 Å². The van der Waals surface area contributed by atoms with Crippen molar-refractivity contribution < 1.29 is 0 Å². The van der Waals surface area contributed by atoms with Gasteiger partial charge in [-0.15, -0.1) is 0 Å². The Morgan fingerprint density at radius 1 is 1.27 bits per heavy atom. The maximum atomic E-state index is 5.85. The molecule has 1 unspecified atom stereocenters. The van der Waals surface area contributed by atoms with Crippen molar-refractivity contribution in [3.63, 3.8) is 0 Å².